The number of fused-ring (bicyclic) bond motifs is 1. The second-order valence-corrected chi connectivity index (χ2v) is 16.8. The minimum atomic E-state index is -1.88. The van der Waals surface area contributed by atoms with Crippen LogP contribution in [-0.4, -0.2) is 171 Å². The van der Waals surface area contributed by atoms with Crippen LogP contribution in [0, 0.1) is 0 Å². The molecular weight excluding hydrogens is 906 g/mol. The highest BCUT2D eigenvalue weighted by Gasteiger charge is 2.34. The second kappa shape index (κ2) is 24.8. The van der Waals surface area contributed by atoms with Crippen LogP contribution < -0.4 is 26.7 Å². The van der Waals surface area contributed by atoms with Crippen molar-refractivity contribution in [2.24, 2.45) is 0 Å². The third kappa shape index (κ3) is 13.2. The fourth-order valence-electron chi connectivity index (χ4n) is 7.85. The number of nitrogens with zero attached hydrogens (tertiary/aromatic N) is 5. The van der Waals surface area contributed by atoms with Gasteiger partial charge in [0.15, 0.2) is 33.5 Å². The molecule has 0 bridgehead atoms. The minimum absolute atomic E-state index is 0.0772. The van der Waals surface area contributed by atoms with Crippen molar-refractivity contribution in [2.75, 3.05) is 50.9 Å². The number of rotatable bonds is 25. The van der Waals surface area contributed by atoms with Crippen molar-refractivity contribution in [3.63, 3.8) is 0 Å². The molecule has 0 saturated heterocycles. The molecule has 3 aromatic carbocycles. The van der Waals surface area contributed by atoms with Gasteiger partial charge in [0.1, 0.15) is 43.2 Å². The summed E-state index contributed by atoms with van der Waals surface area (Å²) in [5, 5.41) is 106. The third-order valence-corrected chi connectivity index (χ3v) is 12.1. The lowest BCUT2D eigenvalue weighted by Gasteiger charge is -2.33. The van der Waals surface area contributed by atoms with E-state index in [1.807, 2.05) is 79.1 Å². The second-order valence-electron chi connectivity index (χ2n) is 16.4. The first-order chi connectivity index (χ1) is 32.4. The van der Waals surface area contributed by atoms with Crippen molar-refractivity contribution in [1.29, 1.82) is 0 Å². The summed E-state index contributed by atoms with van der Waals surface area (Å²) < 4.78 is 4.08. The largest absolute Gasteiger partial charge is 0.394 e. The van der Waals surface area contributed by atoms with E-state index < -0.39 is 68.0 Å². The molecule has 21 nitrogen and oxygen atoms in total. The zero-order valence-electron chi connectivity index (χ0n) is 37.8. The van der Waals surface area contributed by atoms with Crippen LogP contribution in [0.25, 0.3) is 22.2 Å². The van der Waals surface area contributed by atoms with Crippen molar-refractivity contribution in [3.05, 3.63) is 100 Å². The Morgan fingerprint density at radius 1 is 0.706 bits per heavy atom. The Morgan fingerprint density at radius 2 is 1.24 bits per heavy atom. The van der Waals surface area contributed by atoms with Gasteiger partial charge in [0.05, 0.1) is 38.5 Å². The molecule has 2 amide bonds. The lowest BCUT2D eigenvalue weighted by atomic mass is 10.00. The molecule has 16 N–H and O–H groups in total. The van der Waals surface area contributed by atoms with E-state index in [0.717, 1.165) is 39.1 Å². The first-order valence-electron chi connectivity index (χ1n) is 22.2. The number of imidazole rings is 1. The van der Waals surface area contributed by atoms with Crippen molar-refractivity contribution in [2.45, 2.75) is 95.2 Å². The zero-order valence-corrected chi connectivity index (χ0v) is 38.6. The van der Waals surface area contributed by atoms with Gasteiger partial charge in [0, 0.05) is 37.8 Å². The molecule has 5 aromatic rings. The lowest BCUT2D eigenvalue weighted by molar-refractivity contribution is -0.676. The van der Waals surface area contributed by atoms with Gasteiger partial charge in [-0.2, -0.15) is 0 Å². The third-order valence-electron chi connectivity index (χ3n) is 11.8. The van der Waals surface area contributed by atoms with Crippen molar-refractivity contribution >= 4 is 46.1 Å². The van der Waals surface area contributed by atoms with Crippen LogP contribution in [0.5, 0.6) is 0 Å². The Hall–Kier alpha value is -5.40. The Labute approximate surface area is 397 Å². The standard InChI is InChI=1S/C46H62ClN9O12/c1-3-55-30-14-13-29(19-31(30)56(4-2)36(55)20-51-46(68)37-43(48)53-44(49)42(47)52-37)45(67)50-17-15-25-5-9-27(10-6-25)28-11-7-26(8-12-28)16-18-54(21-32(59)38(63)40(65)34(61)23-57)22-33(60)39(64)41(66)35(62)24-58/h5-14,19,32-35,38-41,57-66H,3-4,15-18,20-24H2,1-2H3,(H5-,48,49,50,51,53,67,68)/p+1/t32-,33-,34+,35+,38+,39+,40+,41+/m0/s1. The number of anilines is 2. The van der Waals surface area contributed by atoms with Crippen molar-refractivity contribution < 1.29 is 65.2 Å². The van der Waals surface area contributed by atoms with Crippen LogP contribution in [0.15, 0.2) is 66.7 Å². The molecule has 2 aromatic heterocycles. The van der Waals surface area contributed by atoms with E-state index in [1.165, 1.54) is 4.90 Å². The quantitative estimate of drug-likeness (QED) is 0.0278. The van der Waals surface area contributed by atoms with E-state index in [1.54, 1.807) is 6.07 Å². The number of nitrogens with two attached hydrogens (primary N) is 2. The summed E-state index contributed by atoms with van der Waals surface area (Å²) in [6, 6.07) is 21.0. The lowest BCUT2D eigenvalue weighted by Crippen LogP contribution is -2.53. The number of nitrogen functional groups attached to an aromatic ring is 2. The minimum Gasteiger partial charge on any atom is -0.394 e. The van der Waals surface area contributed by atoms with Gasteiger partial charge < -0.3 is 73.2 Å². The average Bonchev–Trinajstić information content (AvgIpc) is 3.66. The first-order valence-corrected chi connectivity index (χ1v) is 22.6. The van der Waals surface area contributed by atoms with Crippen LogP contribution in [-0.2, 0) is 32.5 Å². The number of aromatic nitrogens is 4. The van der Waals surface area contributed by atoms with E-state index in [9.17, 15) is 50.4 Å². The van der Waals surface area contributed by atoms with Gasteiger partial charge in [-0.3, -0.25) is 14.5 Å². The summed E-state index contributed by atoms with van der Waals surface area (Å²) in [6.07, 6.45) is -13.4. The summed E-state index contributed by atoms with van der Waals surface area (Å²) >= 11 is 5.98. The molecule has 0 aliphatic carbocycles. The molecule has 0 spiro atoms. The van der Waals surface area contributed by atoms with E-state index in [-0.39, 0.29) is 54.6 Å². The molecule has 68 heavy (non-hydrogen) atoms. The summed E-state index contributed by atoms with van der Waals surface area (Å²) in [7, 11) is 0. The fourth-order valence-corrected chi connectivity index (χ4v) is 7.97. The smallest absolute Gasteiger partial charge is 0.277 e. The van der Waals surface area contributed by atoms with E-state index >= 15 is 0 Å². The SMILES string of the molecule is CCn1c(CNC(=O)c2nc(Cl)c(N)nc2N)[n+](CC)c2ccc(C(=O)NCCc3ccc(-c4ccc(CCN(C[C@H](O)[C@@H](O)[C@H](O)[C@H](O)CO)C[C@H](O)[C@@H](O)[C@H](O)[C@H](O)CO)cc4)cc3)cc21. The maximum absolute atomic E-state index is 13.4. The Kier molecular flexibility index (Phi) is 19.5. The number of nitrogens with one attached hydrogen (secondary N) is 2. The maximum Gasteiger partial charge on any atom is 0.277 e. The topological polar surface area (TPSA) is 350 Å². The molecule has 2 heterocycles. The number of aliphatic hydroxyl groups excluding tert-OH is 10. The summed E-state index contributed by atoms with van der Waals surface area (Å²) in [5.41, 5.74) is 17.3. The monoisotopic (exact) mass is 968 g/mol. The molecular formula is C46H63ClN9O12+. The van der Waals surface area contributed by atoms with Gasteiger partial charge in [0.2, 0.25) is 0 Å². The van der Waals surface area contributed by atoms with Gasteiger partial charge in [-0.1, -0.05) is 60.1 Å². The molecule has 0 fully saturated rings. The van der Waals surface area contributed by atoms with Gasteiger partial charge in [-0.25, -0.2) is 19.1 Å². The highest BCUT2D eigenvalue weighted by molar-refractivity contribution is 6.31. The number of halogens is 1. The number of carbonyl (C=O) groups is 2. The zero-order chi connectivity index (χ0) is 49.8. The predicted octanol–water partition coefficient (Wildman–Crippen LogP) is -2.14. The number of hydrogen-bond donors (Lipinski definition) is 14. The normalized spacial score (nSPS) is 15.4. The van der Waals surface area contributed by atoms with Gasteiger partial charge in [0.25, 0.3) is 17.6 Å². The molecule has 5 rings (SSSR count). The number of aryl methyl sites for hydroxylation is 2. The summed E-state index contributed by atoms with van der Waals surface area (Å²) in [6.45, 7) is 3.32. The highest BCUT2D eigenvalue weighted by atomic mass is 35.5. The average molecular weight is 970 g/mol. The first kappa shape index (κ1) is 53.6. The molecule has 0 aliphatic rings. The van der Waals surface area contributed by atoms with E-state index in [2.05, 4.69) is 25.2 Å². The van der Waals surface area contributed by atoms with Crippen molar-refractivity contribution in [1.82, 2.24) is 30.1 Å². The van der Waals surface area contributed by atoms with Crippen LogP contribution >= 0.6 is 11.6 Å². The van der Waals surface area contributed by atoms with E-state index in [0.29, 0.717) is 38.0 Å². The number of aliphatic hydroxyl groups is 10. The Bertz CT molecular complexity index is 2420. The molecule has 370 valence electrons. The highest BCUT2D eigenvalue weighted by Crippen LogP contribution is 2.23. The number of hydrogen-bond acceptors (Lipinski definition) is 17. The van der Waals surface area contributed by atoms with E-state index in [4.69, 9.17) is 33.3 Å². The number of carbonyl (C=O) groups excluding carboxylic acids is 2. The van der Waals surface area contributed by atoms with Crippen LogP contribution in [0.1, 0.15) is 51.6 Å². The van der Waals surface area contributed by atoms with Gasteiger partial charge in [-0.15, -0.1) is 0 Å². The van der Waals surface area contributed by atoms with Crippen LogP contribution in [0.2, 0.25) is 5.15 Å². The molecule has 0 aliphatic heterocycles. The Balaban J connectivity index is 1.17. The van der Waals surface area contributed by atoms with Gasteiger partial charge >= 0.3 is 0 Å². The van der Waals surface area contributed by atoms with Crippen LogP contribution in [0.4, 0.5) is 11.6 Å². The van der Waals surface area contributed by atoms with Gasteiger partial charge in [-0.05, 0) is 61.1 Å². The van der Waals surface area contributed by atoms with Crippen molar-refractivity contribution in [3.8, 4) is 11.1 Å². The molecule has 0 unspecified atom stereocenters. The number of benzene rings is 3. The maximum atomic E-state index is 13.4. The molecule has 0 radical (unpaired) electrons. The summed E-state index contributed by atoms with van der Waals surface area (Å²) in [4.78, 5) is 35.7. The Morgan fingerprint density at radius 3 is 1.75 bits per heavy atom. The molecule has 8 atom stereocenters. The molecule has 22 heteroatoms. The van der Waals surface area contributed by atoms with Crippen LogP contribution in [0.3, 0.4) is 0 Å². The molecule has 0 saturated carbocycles. The fraction of sp³-hybridized carbons (Fsp3) is 0.457. The predicted molar refractivity (Wildman–Crippen MR) is 251 cm³/mol. The number of amides is 2. The summed E-state index contributed by atoms with van der Waals surface area (Å²) in [5.74, 6) is -0.226.